The normalized spacial score (nSPS) is 15.3. The van der Waals surface area contributed by atoms with E-state index < -0.39 is 5.97 Å². The summed E-state index contributed by atoms with van der Waals surface area (Å²) in [6.45, 7) is 1.62. The first kappa shape index (κ1) is 14.6. The number of benzene rings is 1. The zero-order valence-corrected chi connectivity index (χ0v) is 13.0. The molecule has 0 radical (unpaired) electrons. The molecule has 2 heterocycles. The molecule has 0 saturated heterocycles. The summed E-state index contributed by atoms with van der Waals surface area (Å²) in [5.74, 6) is -0.961. The highest BCUT2D eigenvalue weighted by atomic mass is 16.4. The molecule has 7 nitrogen and oxygen atoms in total. The average Bonchev–Trinajstić information content (AvgIpc) is 2.98. The van der Waals surface area contributed by atoms with Gasteiger partial charge in [0.15, 0.2) is 0 Å². The van der Waals surface area contributed by atoms with E-state index in [1.807, 2.05) is 27.8 Å². The van der Waals surface area contributed by atoms with Crippen LogP contribution in [0, 0.1) is 5.41 Å². The molecule has 0 amide bonds. The lowest BCUT2D eigenvalue weighted by Gasteiger charge is -2.14. The first-order valence-electron chi connectivity index (χ1n) is 7.86. The standard InChI is InChI=1S/C17H17N5O2/c23-16(24)14-5-2-1-4-13(14)15-10-22(20-19-15)12-17(6-7-17)11-21-9-3-8-18-21/h1-5,8-10H,6-7,11-12H2,(H,23,24). The van der Waals surface area contributed by atoms with Crippen molar-refractivity contribution in [3.05, 3.63) is 54.5 Å². The third-order valence-electron chi connectivity index (χ3n) is 4.48. The predicted octanol–water partition coefficient (Wildman–Crippen LogP) is 2.32. The van der Waals surface area contributed by atoms with Crippen molar-refractivity contribution in [2.45, 2.75) is 25.9 Å². The van der Waals surface area contributed by atoms with E-state index in [0.717, 1.165) is 25.9 Å². The molecule has 7 heteroatoms. The summed E-state index contributed by atoms with van der Waals surface area (Å²) in [5, 5.41) is 21.9. The summed E-state index contributed by atoms with van der Waals surface area (Å²) in [6.07, 6.45) is 7.84. The lowest BCUT2D eigenvalue weighted by atomic mass is 10.1. The van der Waals surface area contributed by atoms with Crippen molar-refractivity contribution in [3.8, 4) is 11.3 Å². The molecule has 3 aromatic rings. The van der Waals surface area contributed by atoms with Crippen LogP contribution in [0.25, 0.3) is 11.3 Å². The molecule has 0 atom stereocenters. The summed E-state index contributed by atoms with van der Waals surface area (Å²) >= 11 is 0. The van der Waals surface area contributed by atoms with Gasteiger partial charge in [0.05, 0.1) is 18.3 Å². The maximum Gasteiger partial charge on any atom is 0.336 e. The number of aromatic nitrogens is 5. The fraction of sp³-hybridized carbons (Fsp3) is 0.294. The molecule has 1 fully saturated rings. The minimum atomic E-state index is -0.961. The number of aromatic carboxylic acids is 1. The molecule has 1 aromatic carbocycles. The van der Waals surface area contributed by atoms with Crippen molar-refractivity contribution < 1.29 is 9.90 Å². The largest absolute Gasteiger partial charge is 0.478 e. The van der Waals surface area contributed by atoms with Gasteiger partial charge in [-0.05, 0) is 25.0 Å². The van der Waals surface area contributed by atoms with Gasteiger partial charge >= 0.3 is 5.97 Å². The third kappa shape index (κ3) is 2.80. The van der Waals surface area contributed by atoms with E-state index in [1.165, 1.54) is 0 Å². The van der Waals surface area contributed by atoms with Gasteiger partial charge in [0.1, 0.15) is 5.69 Å². The van der Waals surface area contributed by atoms with E-state index in [4.69, 9.17) is 0 Å². The predicted molar refractivity (Wildman–Crippen MR) is 86.3 cm³/mol. The summed E-state index contributed by atoms with van der Waals surface area (Å²) in [6, 6.07) is 8.78. The van der Waals surface area contributed by atoms with Crippen molar-refractivity contribution in [1.29, 1.82) is 0 Å². The Hall–Kier alpha value is -2.96. The lowest BCUT2D eigenvalue weighted by molar-refractivity contribution is 0.0697. The maximum absolute atomic E-state index is 11.4. The molecule has 122 valence electrons. The molecular weight excluding hydrogens is 306 g/mol. The highest BCUT2D eigenvalue weighted by Gasteiger charge is 2.43. The van der Waals surface area contributed by atoms with Crippen LogP contribution in [-0.2, 0) is 13.1 Å². The van der Waals surface area contributed by atoms with E-state index in [9.17, 15) is 9.90 Å². The van der Waals surface area contributed by atoms with Gasteiger partial charge in [-0.1, -0.05) is 23.4 Å². The zero-order chi connectivity index (χ0) is 16.6. The number of rotatable bonds is 6. The summed E-state index contributed by atoms with van der Waals surface area (Å²) in [4.78, 5) is 11.4. The van der Waals surface area contributed by atoms with Crippen LogP contribution in [0.15, 0.2) is 48.9 Å². The van der Waals surface area contributed by atoms with E-state index in [2.05, 4.69) is 15.4 Å². The summed E-state index contributed by atoms with van der Waals surface area (Å²) in [7, 11) is 0. The smallest absolute Gasteiger partial charge is 0.336 e. The topological polar surface area (TPSA) is 85.8 Å². The molecule has 1 aliphatic rings. The summed E-state index contributed by atoms with van der Waals surface area (Å²) in [5.41, 5.74) is 1.59. The lowest BCUT2D eigenvalue weighted by Crippen LogP contribution is -2.19. The Balaban J connectivity index is 1.55. The fourth-order valence-corrected chi connectivity index (χ4v) is 3.02. The highest BCUT2D eigenvalue weighted by molar-refractivity contribution is 5.95. The van der Waals surface area contributed by atoms with Gasteiger partial charge in [-0.25, -0.2) is 4.79 Å². The molecule has 0 aliphatic heterocycles. The zero-order valence-electron chi connectivity index (χ0n) is 13.0. The number of carboxylic acids is 1. The van der Waals surface area contributed by atoms with Gasteiger partial charge in [0.25, 0.3) is 0 Å². The summed E-state index contributed by atoms with van der Waals surface area (Å²) < 4.78 is 3.76. The molecule has 1 saturated carbocycles. The molecule has 4 rings (SSSR count). The average molecular weight is 323 g/mol. The van der Waals surface area contributed by atoms with Crippen LogP contribution in [0.1, 0.15) is 23.2 Å². The Kier molecular flexibility index (Phi) is 3.41. The maximum atomic E-state index is 11.4. The van der Waals surface area contributed by atoms with Gasteiger partial charge in [0, 0.05) is 29.9 Å². The number of nitrogens with zero attached hydrogens (tertiary/aromatic N) is 5. The first-order chi connectivity index (χ1) is 11.7. The second-order valence-electron chi connectivity index (χ2n) is 6.36. The molecule has 0 unspecified atom stereocenters. The second-order valence-corrected chi connectivity index (χ2v) is 6.36. The van der Waals surface area contributed by atoms with Crippen molar-refractivity contribution in [1.82, 2.24) is 24.8 Å². The van der Waals surface area contributed by atoms with Crippen molar-refractivity contribution in [2.24, 2.45) is 5.41 Å². The van der Waals surface area contributed by atoms with Crippen LogP contribution in [-0.4, -0.2) is 35.9 Å². The Labute approximate surface area is 138 Å². The van der Waals surface area contributed by atoms with E-state index in [0.29, 0.717) is 11.3 Å². The van der Waals surface area contributed by atoms with E-state index in [-0.39, 0.29) is 11.0 Å². The van der Waals surface area contributed by atoms with Crippen LogP contribution in [0.4, 0.5) is 0 Å². The van der Waals surface area contributed by atoms with Crippen LogP contribution in [0.2, 0.25) is 0 Å². The molecule has 2 aromatic heterocycles. The van der Waals surface area contributed by atoms with Crippen molar-refractivity contribution >= 4 is 5.97 Å². The first-order valence-corrected chi connectivity index (χ1v) is 7.86. The Bertz CT molecular complexity index is 865. The molecular formula is C17H17N5O2. The Morgan fingerprint density at radius 1 is 1.17 bits per heavy atom. The van der Waals surface area contributed by atoms with Gasteiger partial charge in [-0.2, -0.15) is 5.10 Å². The Morgan fingerprint density at radius 3 is 2.67 bits per heavy atom. The highest BCUT2D eigenvalue weighted by Crippen LogP contribution is 2.48. The van der Waals surface area contributed by atoms with Gasteiger partial charge in [0.2, 0.25) is 0 Å². The quantitative estimate of drug-likeness (QED) is 0.752. The van der Waals surface area contributed by atoms with Crippen molar-refractivity contribution in [3.63, 3.8) is 0 Å². The number of carboxylic acid groups (broad SMARTS) is 1. The van der Waals surface area contributed by atoms with Gasteiger partial charge in [-0.15, -0.1) is 5.10 Å². The number of carbonyl (C=O) groups is 1. The monoisotopic (exact) mass is 323 g/mol. The number of hydrogen-bond acceptors (Lipinski definition) is 4. The van der Waals surface area contributed by atoms with E-state index >= 15 is 0 Å². The molecule has 0 spiro atoms. The van der Waals surface area contributed by atoms with Gasteiger partial charge in [-0.3, -0.25) is 9.36 Å². The van der Waals surface area contributed by atoms with Crippen LogP contribution in [0.5, 0.6) is 0 Å². The molecule has 1 N–H and O–H groups in total. The second kappa shape index (κ2) is 5.59. The molecule has 24 heavy (non-hydrogen) atoms. The van der Waals surface area contributed by atoms with Crippen LogP contribution < -0.4 is 0 Å². The minimum Gasteiger partial charge on any atom is -0.478 e. The minimum absolute atomic E-state index is 0.170. The van der Waals surface area contributed by atoms with Gasteiger partial charge < -0.3 is 5.11 Å². The Morgan fingerprint density at radius 2 is 1.96 bits per heavy atom. The van der Waals surface area contributed by atoms with Crippen LogP contribution in [0.3, 0.4) is 0 Å². The SMILES string of the molecule is O=C(O)c1ccccc1-c1cn(CC2(Cn3cccn3)CC2)nn1. The number of hydrogen-bond donors (Lipinski definition) is 1. The van der Waals surface area contributed by atoms with Crippen molar-refractivity contribution in [2.75, 3.05) is 0 Å². The molecule has 1 aliphatic carbocycles. The van der Waals surface area contributed by atoms with Crippen LogP contribution >= 0.6 is 0 Å². The third-order valence-corrected chi connectivity index (χ3v) is 4.48. The van der Waals surface area contributed by atoms with E-state index in [1.54, 1.807) is 30.5 Å². The fourth-order valence-electron chi connectivity index (χ4n) is 3.02. The molecule has 0 bridgehead atoms.